The maximum absolute atomic E-state index is 12.0. The number of hydrogen-bond donors (Lipinski definition) is 2. The van der Waals surface area contributed by atoms with E-state index in [1.807, 2.05) is 30.5 Å². The van der Waals surface area contributed by atoms with E-state index in [4.69, 9.17) is 5.73 Å². The van der Waals surface area contributed by atoms with Gasteiger partial charge in [0.05, 0.1) is 0 Å². The smallest absolute Gasteiger partial charge is 0.251 e. The summed E-state index contributed by atoms with van der Waals surface area (Å²) < 4.78 is 0. The minimum Gasteiger partial charge on any atom is -0.349 e. The Kier molecular flexibility index (Phi) is 4.66. The fourth-order valence-corrected chi connectivity index (χ4v) is 2.68. The van der Waals surface area contributed by atoms with E-state index in [0.717, 1.165) is 31.2 Å². The van der Waals surface area contributed by atoms with Crippen LogP contribution >= 0.6 is 11.8 Å². The normalized spacial score (nSPS) is 23.7. The Morgan fingerprint density at radius 2 is 1.83 bits per heavy atom. The van der Waals surface area contributed by atoms with Gasteiger partial charge in [0.15, 0.2) is 0 Å². The molecule has 98 valence electrons. The van der Waals surface area contributed by atoms with E-state index in [0.29, 0.717) is 6.04 Å². The molecule has 3 nitrogen and oxygen atoms in total. The molecule has 0 unspecified atom stereocenters. The lowest BCUT2D eigenvalue weighted by Gasteiger charge is -2.26. The van der Waals surface area contributed by atoms with Crippen molar-refractivity contribution in [3.8, 4) is 0 Å². The van der Waals surface area contributed by atoms with Crippen LogP contribution < -0.4 is 11.1 Å². The Morgan fingerprint density at radius 1 is 1.22 bits per heavy atom. The molecule has 0 spiro atoms. The molecule has 0 aliphatic heterocycles. The Balaban J connectivity index is 1.90. The quantitative estimate of drug-likeness (QED) is 0.824. The van der Waals surface area contributed by atoms with Crippen molar-refractivity contribution in [2.24, 2.45) is 5.73 Å². The van der Waals surface area contributed by atoms with Crippen LogP contribution in [-0.2, 0) is 0 Å². The number of nitrogens with two attached hydrogens (primary N) is 1. The Morgan fingerprint density at radius 3 is 2.39 bits per heavy atom. The first-order valence-corrected chi connectivity index (χ1v) is 7.62. The van der Waals surface area contributed by atoms with Gasteiger partial charge in [-0.2, -0.15) is 0 Å². The first kappa shape index (κ1) is 13.4. The van der Waals surface area contributed by atoms with Gasteiger partial charge in [0.1, 0.15) is 0 Å². The topological polar surface area (TPSA) is 55.1 Å². The zero-order valence-corrected chi connectivity index (χ0v) is 11.5. The molecular formula is C14H20N2OS. The van der Waals surface area contributed by atoms with Crippen molar-refractivity contribution in [1.82, 2.24) is 5.32 Å². The highest BCUT2D eigenvalue weighted by atomic mass is 32.2. The van der Waals surface area contributed by atoms with E-state index in [2.05, 4.69) is 5.32 Å². The van der Waals surface area contributed by atoms with Crippen molar-refractivity contribution in [1.29, 1.82) is 0 Å². The number of benzene rings is 1. The number of hydrogen-bond acceptors (Lipinski definition) is 3. The lowest BCUT2D eigenvalue weighted by atomic mass is 9.91. The molecule has 1 aliphatic carbocycles. The van der Waals surface area contributed by atoms with E-state index >= 15 is 0 Å². The van der Waals surface area contributed by atoms with Crippen molar-refractivity contribution >= 4 is 17.7 Å². The van der Waals surface area contributed by atoms with Crippen LogP contribution in [0.1, 0.15) is 36.0 Å². The molecule has 1 amide bonds. The van der Waals surface area contributed by atoms with E-state index < -0.39 is 0 Å². The second kappa shape index (κ2) is 6.25. The summed E-state index contributed by atoms with van der Waals surface area (Å²) in [5.74, 6) is 0.0307. The molecule has 0 radical (unpaired) electrons. The average Bonchev–Trinajstić information content (AvgIpc) is 2.41. The predicted octanol–water partition coefficient (Wildman–Crippen LogP) is 2.41. The van der Waals surface area contributed by atoms with Gasteiger partial charge in [0.25, 0.3) is 5.91 Å². The summed E-state index contributed by atoms with van der Waals surface area (Å²) in [7, 11) is 0. The molecule has 1 aliphatic rings. The molecule has 1 saturated carbocycles. The molecule has 0 bridgehead atoms. The van der Waals surface area contributed by atoms with Gasteiger partial charge < -0.3 is 11.1 Å². The minimum atomic E-state index is 0.0307. The number of nitrogens with one attached hydrogen (secondary N) is 1. The zero-order chi connectivity index (χ0) is 13.0. The van der Waals surface area contributed by atoms with Crippen LogP contribution in [0.15, 0.2) is 29.2 Å². The molecule has 2 rings (SSSR count). The van der Waals surface area contributed by atoms with Crippen LogP contribution in [0.3, 0.4) is 0 Å². The van der Waals surface area contributed by atoms with Crippen LogP contribution in [0.4, 0.5) is 0 Å². The molecule has 0 atom stereocenters. The molecular weight excluding hydrogens is 244 g/mol. The molecule has 1 aromatic rings. The fraction of sp³-hybridized carbons (Fsp3) is 0.500. The molecule has 4 heteroatoms. The van der Waals surface area contributed by atoms with Gasteiger partial charge in [-0.15, -0.1) is 11.8 Å². The Labute approximate surface area is 113 Å². The third-order valence-corrected chi connectivity index (χ3v) is 4.20. The molecule has 0 heterocycles. The highest BCUT2D eigenvalue weighted by molar-refractivity contribution is 7.98. The number of carbonyl (C=O) groups excluding carboxylic acids is 1. The van der Waals surface area contributed by atoms with Crippen LogP contribution in [-0.4, -0.2) is 24.2 Å². The summed E-state index contributed by atoms with van der Waals surface area (Å²) in [5.41, 5.74) is 6.59. The Hall–Kier alpha value is -1.00. The summed E-state index contributed by atoms with van der Waals surface area (Å²) in [4.78, 5) is 13.2. The summed E-state index contributed by atoms with van der Waals surface area (Å²) >= 11 is 1.68. The van der Waals surface area contributed by atoms with Crippen molar-refractivity contribution in [3.63, 3.8) is 0 Å². The zero-order valence-electron chi connectivity index (χ0n) is 10.7. The second-order valence-corrected chi connectivity index (χ2v) is 5.69. The number of amides is 1. The lowest BCUT2D eigenvalue weighted by Crippen LogP contribution is -2.40. The van der Waals surface area contributed by atoms with Gasteiger partial charge in [0, 0.05) is 22.5 Å². The summed E-state index contributed by atoms with van der Waals surface area (Å²) in [6.45, 7) is 0. The maximum Gasteiger partial charge on any atom is 0.251 e. The third-order valence-electron chi connectivity index (χ3n) is 3.46. The number of carbonyl (C=O) groups is 1. The van der Waals surface area contributed by atoms with Gasteiger partial charge in [-0.3, -0.25) is 4.79 Å². The summed E-state index contributed by atoms with van der Waals surface area (Å²) in [5, 5.41) is 3.09. The standard InChI is InChI=1S/C14H20N2OS/c1-18-13-8-2-10(3-9-13)14(17)16-12-6-4-11(15)5-7-12/h2-3,8-9,11-12H,4-7,15H2,1H3,(H,16,17). The first-order chi connectivity index (χ1) is 8.69. The van der Waals surface area contributed by atoms with E-state index in [9.17, 15) is 4.79 Å². The fourth-order valence-electron chi connectivity index (χ4n) is 2.27. The van der Waals surface area contributed by atoms with Crippen LogP contribution in [0.2, 0.25) is 0 Å². The van der Waals surface area contributed by atoms with Gasteiger partial charge >= 0.3 is 0 Å². The monoisotopic (exact) mass is 264 g/mol. The molecule has 1 aromatic carbocycles. The maximum atomic E-state index is 12.0. The van der Waals surface area contributed by atoms with E-state index in [-0.39, 0.29) is 11.9 Å². The molecule has 1 fully saturated rings. The van der Waals surface area contributed by atoms with Crippen molar-refractivity contribution < 1.29 is 4.79 Å². The molecule has 3 N–H and O–H groups in total. The average molecular weight is 264 g/mol. The minimum absolute atomic E-state index is 0.0307. The van der Waals surface area contributed by atoms with Crippen LogP contribution in [0, 0.1) is 0 Å². The molecule has 0 saturated heterocycles. The van der Waals surface area contributed by atoms with Crippen molar-refractivity contribution in [3.05, 3.63) is 29.8 Å². The SMILES string of the molecule is CSc1ccc(C(=O)NC2CCC(N)CC2)cc1. The Bertz CT molecular complexity index is 397. The third kappa shape index (κ3) is 3.50. The van der Waals surface area contributed by atoms with E-state index in [1.54, 1.807) is 11.8 Å². The molecule has 0 aromatic heterocycles. The first-order valence-electron chi connectivity index (χ1n) is 6.39. The number of thioether (sulfide) groups is 1. The van der Waals surface area contributed by atoms with Crippen molar-refractivity contribution in [2.45, 2.75) is 42.7 Å². The van der Waals surface area contributed by atoms with Gasteiger partial charge in [0.2, 0.25) is 0 Å². The lowest BCUT2D eigenvalue weighted by molar-refractivity contribution is 0.0926. The second-order valence-electron chi connectivity index (χ2n) is 4.81. The van der Waals surface area contributed by atoms with Crippen LogP contribution in [0.5, 0.6) is 0 Å². The highest BCUT2D eigenvalue weighted by Gasteiger charge is 2.20. The summed E-state index contributed by atoms with van der Waals surface area (Å²) in [6, 6.07) is 8.34. The van der Waals surface area contributed by atoms with E-state index in [1.165, 1.54) is 4.90 Å². The summed E-state index contributed by atoms with van der Waals surface area (Å²) in [6.07, 6.45) is 6.04. The van der Waals surface area contributed by atoms with Crippen molar-refractivity contribution in [2.75, 3.05) is 6.26 Å². The largest absolute Gasteiger partial charge is 0.349 e. The molecule has 18 heavy (non-hydrogen) atoms. The van der Waals surface area contributed by atoms with Gasteiger partial charge in [-0.1, -0.05) is 0 Å². The number of rotatable bonds is 3. The van der Waals surface area contributed by atoms with Gasteiger partial charge in [-0.25, -0.2) is 0 Å². The van der Waals surface area contributed by atoms with Gasteiger partial charge in [-0.05, 0) is 56.2 Å². The highest BCUT2D eigenvalue weighted by Crippen LogP contribution is 2.18. The van der Waals surface area contributed by atoms with Crippen LogP contribution in [0.25, 0.3) is 0 Å². The predicted molar refractivity (Wildman–Crippen MR) is 75.9 cm³/mol.